The van der Waals surface area contributed by atoms with Gasteiger partial charge < -0.3 is 0 Å². The number of hydrogen-bond acceptors (Lipinski definition) is 4. The highest BCUT2D eigenvalue weighted by Crippen LogP contribution is 2.36. The van der Waals surface area contributed by atoms with Gasteiger partial charge >= 0.3 is 0 Å². The van der Waals surface area contributed by atoms with E-state index >= 15 is 0 Å². The molecule has 0 radical (unpaired) electrons. The lowest BCUT2D eigenvalue weighted by Gasteiger charge is -2.20. The topological polar surface area (TPSA) is 68.9 Å². The Morgan fingerprint density at radius 2 is 1.92 bits per heavy atom. The molecule has 4 rings (SSSR count). The molecule has 1 aliphatic carbocycles. The van der Waals surface area contributed by atoms with Crippen LogP contribution in [-0.4, -0.2) is 27.0 Å². The summed E-state index contributed by atoms with van der Waals surface area (Å²) in [7, 11) is 0. The van der Waals surface area contributed by atoms with Crippen molar-refractivity contribution >= 4 is 39.8 Å². The Hall–Kier alpha value is -2.28. The van der Waals surface area contributed by atoms with E-state index in [0.717, 1.165) is 17.9 Å². The van der Waals surface area contributed by atoms with Gasteiger partial charge in [0, 0.05) is 5.92 Å². The van der Waals surface area contributed by atoms with E-state index in [1.807, 2.05) is 0 Å². The summed E-state index contributed by atoms with van der Waals surface area (Å²) in [4.78, 5) is 16.4. The fourth-order valence-corrected chi connectivity index (χ4v) is 4.31. The second-order valence-electron chi connectivity index (χ2n) is 6.34. The molecule has 1 fully saturated rings. The number of amides is 1. The molecule has 1 aromatic carbocycles. The van der Waals surface area contributed by atoms with Gasteiger partial charge in [-0.05, 0) is 48.4 Å². The van der Waals surface area contributed by atoms with Crippen molar-refractivity contribution in [3.8, 4) is 0 Å². The van der Waals surface area contributed by atoms with Crippen molar-refractivity contribution < 1.29 is 9.18 Å². The summed E-state index contributed by atoms with van der Waals surface area (Å²) in [6, 6.07) is 5.78. The molecule has 0 unspecified atom stereocenters. The number of carbonyl (C=O) groups excluding carboxylic acids is 1. The minimum atomic E-state index is -0.451. The summed E-state index contributed by atoms with van der Waals surface area (Å²) in [5.74, 6) is -0.365. The molecule has 1 aromatic rings. The number of benzene rings is 1. The van der Waals surface area contributed by atoms with Gasteiger partial charge in [-0.3, -0.25) is 10.2 Å². The van der Waals surface area contributed by atoms with Crippen LogP contribution in [0.25, 0.3) is 6.08 Å². The summed E-state index contributed by atoms with van der Waals surface area (Å²) in [5, 5.41) is 15.8. The maximum absolute atomic E-state index is 13.0. The van der Waals surface area contributed by atoms with Gasteiger partial charge in [0.2, 0.25) is 5.17 Å². The number of carbonyl (C=O) groups is 1. The molecule has 25 heavy (non-hydrogen) atoms. The van der Waals surface area contributed by atoms with Crippen molar-refractivity contribution in [3.63, 3.8) is 0 Å². The third kappa shape index (κ3) is 3.16. The van der Waals surface area contributed by atoms with E-state index in [2.05, 4.69) is 10.1 Å². The van der Waals surface area contributed by atoms with E-state index in [1.165, 1.54) is 48.2 Å². The summed E-state index contributed by atoms with van der Waals surface area (Å²) < 4.78 is 13.0. The minimum Gasteiger partial charge on any atom is -0.282 e. The number of fused-ring (bicyclic) bond motifs is 1. The van der Waals surface area contributed by atoms with E-state index in [1.54, 1.807) is 18.2 Å². The number of hydrogen-bond donors (Lipinski definition) is 1. The largest absolute Gasteiger partial charge is 0.283 e. The maximum Gasteiger partial charge on any atom is 0.283 e. The molecule has 1 amide bonds. The Balaban J connectivity index is 1.62. The van der Waals surface area contributed by atoms with Gasteiger partial charge in [0.05, 0.1) is 5.57 Å². The molecule has 2 heterocycles. The number of hydrazone groups is 1. The fraction of sp³-hybridized carbons (Fsp3) is 0.333. The number of aliphatic imine (C=N–C) groups is 1. The molecule has 1 N–H and O–H groups in total. The number of halogens is 1. The summed E-state index contributed by atoms with van der Waals surface area (Å²) in [6.45, 7) is 0. The molecular formula is C18H17FN4OS. The van der Waals surface area contributed by atoms with Gasteiger partial charge in [-0.1, -0.05) is 31.4 Å². The Kier molecular flexibility index (Phi) is 4.25. The summed E-state index contributed by atoms with van der Waals surface area (Å²) >= 11 is 1.41. The predicted octanol–water partition coefficient (Wildman–Crippen LogP) is 4.03. The van der Waals surface area contributed by atoms with Crippen LogP contribution in [0.3, 0.4) is 0 Å². The second-order valence-corrected chi connectivity index (χ2v) is 7.33. The Bertz CT molecular complexity index is 822. The molecule has 3 aliphatic rings. The van der Waals surface area contributed by atoms with E-state index in [0.29, 0.717) is 16.6 Å². The van der Waals surface area contributed by atoms with Crippen molar-refractivity contribution in [3.05, 3.63) is 41.2 Å². The molecule has 0 spiro atoms. The lowest BCUT2D eigenvalue weighted by atomic mass is 9.90. The van der Waals surface area contributed by atoms with Crippen molar-refractivity contribution in [1.82, 2.24) is 5.01 Å². The summed E-state index contributed by atoms with van der Waals surface area (Å²) in [6.07, 6.45) is 7.42. The van der Waals surface area contributed by atoms with E-state index in [9.17, 15) is 9.18 Å². The third-order valence-corrected chi connectivity index (χ3v) is 5.68. The molecule has 7 heteroatoms. The zero-order valence-electron chi connectivity index (χ0n) is 13.5. The SMILES string of the molecule is N=C1/C(=C/c2ccc(F)cc2)C(=O)N=C2SC(C3CCCCC3)=NN12. The molecule has 0 aromatic heterocycles. The van der Waals surface area contributed by atoms with E-state index in [-0.39, 0.29) is 17.2 Å². The highest BCUT2D eigenvalue weighted by atomic mass is 32.2. The fourth-order valence-electron chi connectivity index (χ4n) is 3.25. The van der Waals surface area contributed by atoms with Crippen molar-refractivity contribution in [2.45, 2.75) is 32.1 Å². The average molecular weight is 356 g/mol. The van der Waals surface area contributed by atoms with Gasteiger partial charge in [-0.15, -0.1) is 0 Å². The van der Waals surface area contributed by atoms with Crippen LogP contribution in [0.5, 0.6) is 0 Å². The normalized spacial score (nSPS) is 22.9. The lowest BCUT2D eigenvalue weighted by molar-refractivity contribution is -0.114. The number of nitrogens with one attached hydrogen (secondary N) is 1. The first-order valence-electron chi connectivity index (χ1n) is 8.37. The summed E-state index contributed by atoms with van der Waals surface area (Å²) in [5.41, 5.74) is 0.820. The Morgan fingerprint density at radius 3 is 2.64 bits per heavy atom. The number of thioether (sulfide) groups is 1. The van der Waals surface area contributed by atoms with Crippen molar-refractivity contribution in [2.75, 3.05) is 0 Å². The van der Waals surface area contributed by atoms with Crippen molar-refractivity contribution in [2.24, 2.45) is 16.0 Å². The zero-order valence-corrected chi connectivity index (χ0v) is 14.4. The van der Waals surface area contributed by atoms with Crippen LogP contribution in [0.1, 0.15) is 37.7 Å². The minimum absolute atomic E-state index is 0.0256. The molecular weight excluding hydrogens is 339 g/mol. The van der Waals surface area contributed by atoms with Crippen molar-refractivity contribution in [1.29, 1.82) is 5.41 Å². The lowest BCUT2D eigenvalue weighted by Crippen LogP contribution is -2.35. The highest BCUT2D eigenvalue weighted by molar-refractivity contribution is 8.27. The van der Waals surface area contributed by atoms with E-state index < -0.39 is 5.91 Å². The molecule has 0 atom stereocenters. The standard InChI is InChI=1S/C18H17FN4OS/c19-13-8-6-11(7-9-13)10-14-15(20)23-18(21-16(14)24)25-17(22-23)12-4-2-1-3-5-12/h6-10,12,20H,1-5H2/b14-10-,20-15?. The van der Waals surface area contributed by atoms with Crippen LogP contribution in [0.15, 0.2) is 39.9 Å². The Morgan fingerprint density at radius 1 is 1.20 bits per heavy atom. The smallest absolute Gasteiger partial charge is 0.282 e. The first-order valence-corrected chi connectivity index (χ1v) is 9.19. The van der Waals surface area contributed by atoms with Crippen LogP contribution in [-0.2, 0) is 4.79 Å². The van der Waals surface area contributed by atoms with Gasteiger partial charge in [-0.25, -0.2) is 4.39 Å². The number of nitrogens with zero attached hydrogens (tertiary/aromatic N) is 3. The first kappa shape index (κ1) is 16.2. The third-order valence-electron chi connectivity index (χ3n) is 4.61. The zero-order chi connectivity index (χ0) is 17.4. The van der Waals surface area contributed by atoms with Crippen LogP contribution in [0.4, 0.5) is 4.39 Å². The quantitative estimate of drug-likeness (QED) is 0.814. The first-order chi connectivity index (χ1) is 12.1. The number of amidine groups is 2. The molecule has 2 aliphatic heterocycles. The molecule has 0 bridgehead atoms. The van der Waals surface area contributed by atoms with Gasteiger partial charge in [-0.2, -0.15) is 15.1 Å². The monoisotopic (exact) mass is 356 g/mol. The average Bonchev–Trinajstić information content (AvgIpc) is 3.05. The highest BCUT2D eigenvalue weighted by Gasteiger charge is 2.37. The molecule has 0 saturated heterocycles. The van der Waals surface area contributed by atoms with Crippen LogP contribution in [0, 0.1) is 17.1 Å². The molecule has 1 saturated carbocycles. The van der Waals surface area contributed by atoms with Crippen LogP contribution >= 0.6 is 11.8 Å². The van der Waals surface area contributed by atoms with Gasteiger partial charge in [0.25, 0.3) is 5.91 Å². The van der Waals surface area contributed by atoms with Gasteiger partial charge in [0.1, 0.15) is 10.9 Å². The predicted molar refractivity (Wildman–Crippen MR) is 98.0 cm³/mol. The van der Waals surface area contributed by atoms with Gasteiger partial charge in [0.15, 0.2) is 5.84 Å². The van der Waals surface area contributed by atoms with Crippen LogP contribution in [0.2, 0.25) is 0 Å². The van der Waals surface area contributed by atoms with Crippen LogP contribution < -0.4 is 0 Å². The number of rotatable bonds is 2. The Labute approximate surface area is 149 Å². The maximum atomic E-state index is 13.0. The molecule has 128 valence electrons. The van der Waals surface area contributed by atoms with E-state index in [4.69, 9.17) is 5.41 Å². The second kappa shape index (κ2) is 6.55. The molecule has 5 nitrogen and oxygen atoms in total.